The van der Waals surface area contributed by atoms with Gasteiger partial charge in [0.15, 0.2) is 5.92 Å². The maximum Gasteiger partial charge on any atom is 0.270 e. The highest BCUT2D eigenvalue weighted by Crippen LogP contribution is 2.29. The number of anilines is 2. The second kappa shape index (κ2) is 6.62. The summed E-state index contributed by atoms with van der Waals surface area (Å²) < 4.78 is 26.9. The first-order valence-corrected chi connectivity index (χ1v) is 7.85. The van der Waals surface area contributed by atoms with Crippen molar-refractivity contribution in [1.29, 1.82) is 0 Å². The molecule has 0 bridgehead atoms. The van der Waals surface area contributed by atoms with Crippen LogP contribution in [0.25, 0.3) is 0 Å². The molecule has 1 aromatic carbocycles. The Hall–Kier alpha value is -3.16. The first-order chi connectivity index (χ1) is 12.3. The average Bonchev–Trinajstić information content (AvgIpc) is 2.89. The molecule has 1 aliphatic rings. The second-order valence-electron chi connectivity index (χ2n) is 5.99. The molecule has 1 unspecified atom stereocenters. The molecule has 0 fully saturated rings. The lowest BCUT2D eigenvalue weighted by Gasteiger charge is -2.15. The van der Waals surface area contributed by atoms with Gasteiger partial charge >= 0.3 is 0 Å². The summed E-state index contributed by atoms with van der Waals surface area (Å²) >= 11 is 0. The monoisotopic (exact) mass is 358 g/mol. The van der Waals surface area contributed by atoms with Crippen molar-refractivity contribution < 1.29 is 18.4 Å². The summed E-state index contributed by atoms with van der Waals surface area (Å²) in [6.07, 6.45) is 3.02. The van der Waals surface area contributed by atoms with E-state index >= 15 is 0 Å². The fourth-order valence-corrected chi connectivity index (χ4v) is 2.62. The predicted molar refractivity (Wildman–Crippen MR) is 93.0 cm³/mol. The molecular formula is C18H16F2N4O2. The van der Waals surface area contributed by atoms with Gasteiger partial charge in [0.1, 0.15) is 0 Å². The lowest BCUT2D eigenvalue weighted by atomic mass is 10.0. The summed E-state index contributed by atoms with van der Waals surface area (Å²) in [5, 5.41) is 7.79. The summed E-state index contributed by atoms with van der Waals surface area (Å²) in [4.78, 5) is 29.0. The predicted octanol–water partition coefficient (Wildman–Crippen LogP) is 3.17. The lowest BCUT2D eigenvalue weighted by molar-refractivity contribution is -0.127. The Morgan fingerprint density at radius 3 is 2.58 bits per heavy atom. The van der Waals surface area contributed by atoms with Crippen LogP contribution in [-0.4, -0.2) is 22.5 Å². The van der Waals surface area contributed by atoms with Crippen LogP contribution in [-0.2, 0) is 15.5 Å². The van der Waals surface area contributed by atoms with Crippen LogP contribution in [0, 0.1) is 5.92 Å². The van der Waals surface area contributed by atoms with E-state index in [0.717, 1.165) is 11.9 Å². The molecule has 2 heterocycles. The van der Waals surface area contributed by atoms with Gasteiger partial charge in [0.05, 0.1) is 11.4 Å². The molecule has 0 spiro atoms. The zero-order valence-electron chi connectivity index (χ0n) is 14.1. The maximum absolute atomic E-state index is 13.4. The summed E-state index contributed by atoms with van der Waals surface area (Å²) in [5.74, 6) is -5.28. The number of hydrogen-bond donors (Lipinski definition) is 1. The molecule has 1 N–H and O–H groups in total. The van der Waals surface area contributed by atoms with Crippen molar-refractivity contribution in [1.82, 2.24) is 4.98 Å². The van der Waals surface area contributed by atoms with E-state index in [2.05, 4.69) is 15.4 Å². The van der Waals surface area contributed by atoms with Crippen LogP contribution in [0.3, 0.4) is 0 Å². The molecule has 0 saturated heterocycles. The lowest BCUT2D eigenvalue weighted by Crippen LogP contribution is -2.36. The van der Waals surface area contributed by atoms with E-state index in [1.165, 1.54) is 36.7 Å². The number of carbonyl (C=O) groups is 2. The molecule has 0 radical (unpaired) electrons. The van der Waals surface area contributed by atoms with Gasteiger partial charge in [0.2, 0.25) is 5.91 Å². The molecule has 8 heteroatoms. The first kappa shape index (κ1) is 17.7. The molecular weight excluding hydrogens is 342 g/mol. The Balaban J connectivity index is 1.79. The minimum Gasteiger partial charge on any atom is -0.325 e. The van der Waals surface area contributed by atoms with Crippen LogP contribution >= 0.6 is 0 Å². The number of nitrogens with zero attached hydrogens (tertiary/aromatic N) is 3. The largest absolute Gasteiger partial charge is 0.325 e. The van der Waals surface area contributed by atoms with Crippen LogP contribution in [0.2, 0.25) is 0 Å². The number of carbonyl (C=O) groups excluding carboxylic acids is 2. The topological polar surface area (TPSA) is 74.7 Å². The number of benzene rings is 1. The SMILES string of the molecule is CC1=NN(c2ccncc2)C(=O)C1C(=O)Nc1cccc(C(C)(F)F)c1. The van der Waals surface area contributed by atoms with Crippen LogP contribution < -0.4 is 10.3 Å². The van der Waals surface area contributed by atoms with Crippen LogP contribution in [0.1, 0.15) is 19.4 Å². The van der Waals surface area contributed by atoms with Gasteiger partial charge < -0.3 is 5.32 Å². The van der Waals surface area contributed by atoms with Crippen LogP contribution in [0.5, 0.6) is 0 Å². The Morgan fingerprint density at radius 1 is 1.23 bits per heavy atom. The summed E-state index contributed by atoms with van der Waals surface area (Å²) in [7, 11) is 0. The minimum absolute atomic E-state index is 0.192. The van der Waals surface area contributed by atoms with E-state index < -0.39 is 23.7 Å². The number of halogens is 2. The zero-order chi connectivity index (χ0) is 18.9. The summed E-state index contributed by atoms with van der Waals surface area (Å²) in [5.41, 5.74) is 0.780. The van der Waals surface area contributed by atoms with E-state index in [1.54, 1.807) is 19.1 Å². The fraction of sp³-hybridized carbons (Fsp3) is 0.222. The summed E-state index contributed by atoms with van der Waals surface area (Å²) in [6, 6.07) is 8.56. The normalized spacial score (nSPS) is 17.2. The number of rotatable bonds is 4. The van der Waals surface area contributed by atoms with E-state index in [1.807, 2.05) is 0 Å². The Morgan fingerprint density at radius 2 is 1.92 bits per heavy atom. The van der Waals surface area contributed by atoms with Gasteiger partial charge in [-0.2, -0.15) is 10.1 Å². The Kier molecular flexibility index (Phi) is 4.50. The third-order valence-corrected chi connectivity index (χ3v) is 3.94. The molecule has 1 aromatic heterocycles. The van der Waals surface area contributed by atoms with Crippen molar-refractivity contribution in [2.45, 2.75) is 19.8 Å². The summed E-state index contributed by atoms with van der Waals surface area (Å²) in [6.45, 7) is 2.35. The van der Waals surface area contributed by atoms with Gasteiger partial charge in [-0.25, -0.2) is 8.78 Å². The van der Waals surface area contributed by atoms with Crippen molar-refractivity contribution in [3.8, 4) is 0 Å². The average molecular weight is 358 g/mol. The number of amides is 2. The van der Waals surface area contributed by atoms with Crippen LogP contribution in [0.4, 0.5) is 20.2 Å². The van der Waals surface area contributed by atoms with Gasteiger partial charge in [-0.1, -0.05) is 12.1 Å². The molecule has 1 atom stereocenters. The first-order valence-electron chi connectivity index (χ1n) is 7.85. The number of hydrazone groups is 1. The van der Waals surface area contributed by atoms with Gasteiger partial charge in [0.25, 0.3) is 11.8 Å². The van der Waals surface area contributed by atoms with Gasteiger partial charge in [0, 0.05) is 30.6 Å². The quantitative estimate of drug-likeness (QED) is 0.853. The van der Waals surface area contributed by atoms with E-state index in [0.29, 0.717) is 11.4 Å². The molecule has 26 heavy (non-hydrogen) atoms. The van der Waals surface area contributed by atoms with E-state index in [4.69, 9.17) is 0 Å². The Labute approximate surface area is 148 Å². The molecule has 0 saturated carbocycles. The van der Waals surface area contributed by atoms with Crippen LogP contribution in [0.15, 0.2) is 53.9 Å². The molecule has 1 aliphatic heterocycles. The number of aromatic nitrogens is 1. The second-order valence-corrected chi connectivity index (χ2v) is 5.99. The molecule has 2 amide bonds. The van der Waals surface area contributed by atoms with Crippen molar-refractivity contribution in [2.75, 3.05) is 10.3 Å². The van der Waals surface area contributed by atoms with E-state index in [-0.39, 0.29) is 11.3 Å². The highest BCUT2D eigenvalue weighted by Gasteiger charge is 2.39. The molecule has 2 aromatic rings. The van der Waals surface area contributed by atoms with Crippen molar-refractivity contribution in [3.05, 3.63) is 54.4 Å². The number of alkyl halides is 2. The molecule has 6 nitrogen and oxygen atoms in total. The highest BCUT2D eigenvalue weighted by atomic mass is 19.3. The van der Waals surface area contributed by atoms with Gasteiger partial charge in [-0.15, -0.1) is 0 Å². The van der Waals surface area contributed by atoms with Gasteiger partial charge in [-0.05, 0) is 31.2 Å². The Bertz CT molecular complexity index is 878. The fourth-order valence-electron chi connectivity index (χ4n) is 2.62. The number of pyridine rings is 1. The third-order valence-electron chi connectivity index (χ3n) is 3.94. The molecule has 134 valence electrons. The molecule has 3 rings (SSSR count). The maximum atomic E-state index is 13.4. The third kappa shape index (κ3) is 3.44. The minimum atomic E-state index is -3.03. The number of hydrogen-bond acceptors (Lipinski definition) is 4. The van der Waals surface area contributed by atoms with Crippen molar-refractivity contribution >= 4 is 28.9 Å². The van der Waals surface area contributed by atoms with Crippen molar-refractivity contribution in [3.63, 3.8) is 0 Å². The van der Waals surface area contributed by atoms with Gasteiger partial charge in [-0.3, -0.25) is 14.6 Å². The number of nitrogens with one attached hydrogen (secondary N) is 1. The smallest absolute Gasteiger partial charge is 0.270 e. The standard InChI is InChI=1S/C18H16F2N4O2/c1-11-15(17(26)24(23-11)14-6-8-21-9-7-14)16(25)22-13-5-3-4-12(10-13)18(2,19)20/h3-10,15H,1-2H3,(H,22,25). The zero-order valence-corrected chi connectivity index (χ0v) is 14.1. The van der Waals surface area contributed by atoms with Crippen molar-refractivity contribution in [2.24, 2.45) is 11.0 Å². The molecule has 0 aliphatic carbocycles. The van der Waals surface area contributed by atoms with E-state index in [9.17, 15) is 18.4 Å². The highest BCUT2D eigenvalue weighted by molar-refractivity contribution is 6.28.